The van der Waals surface area contributed by atoms with Crippen molar-refractivity contribution in [3.05, 3.63) is 16.1 Å². The number of hydrogen-bond acceptors (Lipinski definition) is 4. The highest BCUT2D eigenvalue weighted by Gasteiger charge is 2.25. The van der Waals surface area contributed by atoms with Gasteiger partial charge in [-0.15, -0.1) is 11.3 Å². The molecule has 1 amide bonds. The van der Waals surface area contributed by atoms with E-state index in [1.807, 2.05) is 5.38 Å². The van der Waals surface area contributed by atoms with Crippen LogP contribution in [-0.4, -0.2) is 26.4 Å². The highest BCUT2D eigenvalue weighted by atomic mass is 32.2. The minimum atomic E-state index is -1.21. The minimum Gasteiger partial charge on any atom is -0.352 e. The molecule has 1 N–H and O–H groups in total. The summed E-state index contributed by atoms with van der Waals surface area (Å²) in [5.74, 6) is 0.669. The zero-order valence-corrected chi connectivity index (χ0v) is 14.6. The maximum atomic E-state index is 12.3. The second-order valence-corrected chi connectivity index (χ2v) is 8.64. The Morgan fingerprint density at radius 1 is 1.43 bits per heavy atom. The van der Waals surface area contributed by atoms with Gasteiger partial charge < -0.3 is 5.32 Å². The Morgan fingerprint density at radius 3 is 2.67 bits per heavy atom. The van der Waals surface area contributed by atoms with E-state index in [9.17, 15) is 9.00 Å². The summed E-state index contributed by atoms with van der Waals surface area (Å²) in [5.41, 5.74) is 0.836. The number of nitrogens with one attached hydrogen (secondary N) is 1. The van der Waals surface area contributed by atoms with Crippen LogP contribution in [0, 0.1) is 0 Å². The largest absolute Gasteiger partial charge is 0.352 e. The zero-order valence-electron chi connectivity index (χ0n) is 12.9. The van der Waals surface area contributed by atoms with Gasteiger partial charge in [-0.25, -0.2) is 4.98 Å². The Labute approximate surface area is 133 Å². The van der Waals surface area contributed by atoms with Gasteiger partial charge in [0.15, 0.2) is 0 Å². The van der Waals surface area contributed by atoms with Crippen LogP contribution in [0.3, 0.4) is 0 Å². The van der Waals surface area contributed by atoms with Crippen molar-refractivity contribution in [3.63, 3.8) is 0 Å². The number of rotatable bonds is 6. The van der Waals surface area contributed by atoms with E-state index in [0.717, 1.165) is 23.5 Å². The molecule has 2 rings (SSSR count). The van der Waals surface area contributed by atoms with E-state index < -0.39 is 16.0 Å². The van der Waals surface area contributed by atoms with E-state index >= 15 is 0 Å². The fourth-order valence-electron chi connectivity index (χ4n) is 2.43. The van der Waals surface area contributed by atoms with Crippen molar-refractivity contribution in [2.24, 2.45) is 0 Å². The molecule has 2 atom stereocenters. The van der Waals surface area contributed by atoms with Crippen LogP contribution in [0.4, 0.5) is 0 Å². The van der Waals surface area contributed by atoms with Crippen molar-refractivity contribution in [2.45, 2.75) is 69.4 Å². The van der Waals surface area contributed by atoms with Gasteiger partial charge in [0.2, 0.25) is 5.91 Å². The third-order valence-electron chi connectivity index (χ3n) is 3.82. The number of nitrogens with zero attached hydrogens (tertiary/aromatic N) is 1. The van der Waals surface area contributed by atoms with Crippen molar-refractivity contribution in [1.29, 1.82) is 0 Å². The molecule has 4 nitrogen and oxygen atoms in total. The molecule has 6 heteroatoms. The summed E-state index contributed by atoms with van der Waals surface area (Å²) in [7, 11) is -1.21. The van der Waals surface area contributed by atoms with Crippen LogP contribution in [0.15, 0.2) is 5.38 Å². The van der Waals surface area contributed by atoms with Crippen LogP contribution < -0.4 is 5.32 Å². The fraction of sp³-hybridized carbons (Fsp3) is 0.733. The van der Waals surface area contributed by atoms with Crippen LogP contribution in [0.1, 0.15) is 63.1 Å². The molecule has 1 aliphatic carbocycles. The van der Waals surface area contributed by atoms with Crippen LogP contribution in [0.2, 0.25) is 0 Å². The Bertz CT molecular complexity index is 508. The molecule has 0 radical (unpaired) electrons. The number of amides is 1. The average Bonchev–Trinajstić information content (AvgIpc) is 3.09. The number of carbonyl (C=O) groups is 1. The summed E-state index contributed by atoms with van der Waals surface area (Å²) in [5, 5.41) is 5.56. The molecule has 1 aliphatic rings. The summed E-state index contributed by atoms with van der Waals surface area (Å²) in [6, 6.07) is 0.281. The first-order chi connectivity index (χ1) is 9.97. The Morgan fingerprint density at radius 2 is 2.10 bits per heavy atom. The van der Waals surface area contributed by atoms with Gasteiger partial charge in [-0.1, -0.05) is 26.7 Å². The molecular weight excluding hydrogens is 304 g/mol. The number of carbonyl (C=O) groups excluding carboxylic acids is 1. The highest BCUT2D eigenvalue weighted by Crippen LogP contribution is 2.21. The number of aromatic nitrogens is 1. The Hall–Kier alpha value is -0.750. The molecular formula is C15H24N2O2S2. The summed E-state index contributed by atoms with van der Waals surface area (Å²) >= 11 is 1.60. The number of hydrogen-bond donors (Lipinski definition) is 1. The average molecular weight is 329 g/mol. The molecule has 0 spiro atoms. The monoisotopic (exact) mass is 328 g/mol. The van der Waals surface area contributed by atoms with Crippen molar-refractivity contribution in [3.8, 4) is 0 Å². The Balaban J connectivity index is 1.87. The smallest absolute Gasteiger partial charge is 0.235 e. The van der Waals surface area contributed by atoms with E-state index in [1.54, 1.807) is 18.3 Å². The quantitative estimate of drug-likeness (QED) is 0.873. The minimum absolute atomic E-state index is 0.0838. The standard InChI is InChI=1S/C15H24N2O2S2/c1-10(2)15-17-13(8-20-15)9-21(19)11(3)14(18)16-12-6-4-5-7-12/h8,10-12H,4-7,9H2,1-3H3,(H,16,18)/t11-,21-/m1/s1. The predicted octanol–water partition coefficient (Wildman–Crippen LogP) is 2.96. The normalized spacial score (nSPS) is 18.9. The molecule has 0 unspecified atom stereocenters. The van der Waals surface area contributed by atoms with E-state index in [1.165, 1.54) is 12.8 Å². The van der Waals surface area contributed by atoms with E-state index in [-0.39, 0.29) is 11.9 Å². The highest BCUT2D eigenvalue weighted by molar-refractivity contribution is 7.85. The van der Waals surface area contributed by atoms with E-state index in [2.05, 4.69) is 24.1 Å². The van der Waals surface area contributed by atoms with Crippen LogP contribution >= 0.6 is 11.3 Å². The summed E-state index contributed by atoms with van der Waals surface area (Å²) in [4.78, 5) is 16.6. The molecule has 21 heavy (non-hydrogen) atoms. The topological polar surface area (TPSA) is 59.1 Å². The van der Waals surface area contributed by atoms with Gasteiger partial charge in [0.25, 0.3) is 0 Å². The lowest BCUT2D eigenvalue weighted by Gasteiger charge is -2.16. The molecule has 0 aliphatic heterocycles. The lowest BCUT2D eigenvalue weighted by Crippen LogP contribution is -2.40. The second kappa shape index (κ2) is 7.49. The van der Waals surface area contributed by atoms with Gasteiger partial charge in [0.05, 0.1) is 16.5 Å². The van der Waals surface area contributed by atoms with Gasteiger partial charge in [-0.05, 0) is 19.8 Å². The van der Waals surface area contributed by atoms with Crippen molar-refractivity contribution in [1.82, 2.24) is 10.3 Å². The molecule has 0 saturated heterocycles. The lowest BCUT2D eigenvalue weighted by atomic mass is 10.2. The van der Waals surface area contributed by atoms with Crippen molar-refractivity contribution in [2.75, 3.05) is 0 Å². The lowest BCUT2D eigenvalue weighted by molar-refractivity contribution is -0.121. The predicted molar refractivity (Wildman–Crippen MR) is 87.9 cm³/mol. The maximum Gasteiger partial charge on any atom is 0.235 e. The van der Waals surface area contributed by atoms with Crippen LogP contribution in [0.5, 0.6) is 0 Å². The first-order valence-corrected chi connectivity index (χ1v) is 9.85. The van der Waals surface area contributed by atoms with Crippen molar-refractivity contribution >= 4 is 28.0 Å². The van der Waals surface area contributed by atoms with Gasteiger partial charge in [0, 0.05) is 28.1 Å². The van der Waals surface area contributed by atoms with Gasteiger partial charge in [-0.2, -0.15) is 0 Å². The number of thiazole rings is 1. The van der Waals surface area contributed by atoms with Crippen LogP contribution in [-0.2, 0) is 21.3 Å². The molecule has 118 valence electrons. The zero-order chi connectivity index (χ0) is 15.4. The van der Waals surface area contributed by atoms with Crippen molar-refractivity contribution < 1.29 is 9.00 Å². The van der Waals surface area contributed by atoms with Gasteiger partial charge >= 0.3 is 0 Å². The molecule has 0 aromatic carbocycles. The SMILES string of the molecule is CC(C)c1nc(C[S@@](=O)[C@H](C)C(=O)NC2CCCC2)cs1. The third kappa shape index (κ3) is 4.61. The molecule has 1 saturated carbocycles. The maximum absolute atomic E-state index is 12.3. The van der Waals surface area contributed by atoms with Gasteiger partial charge in [-0.3, -0.25) is 9.00 Å². The summed E-state index contributed by atoms with van der Waals surface area (Å²) in [6.45, 7) is 5.94. The molecule has 1 aromatic rings. The third-order valence-corrected chi connectivity index (χ3v) is 6.60. The van der Waals surface area contributed by atoms with Gasteiger partial charge in [0.1, 0.15) is 5.25 Å². The molecule has 1 aromatic heterocycles. The second-order valence-electron chi connectivity index (χ2n) is 5.99. The first-order valence-electron chi connectivity index (χ1n) is 7.59. The summed E-state index contributed by atoms with van der Waals surface area (Å²) < 4.78 is 12.3. The van der Waals surface area contributed by atoms with Crippen LogP contribution in [0.25, 0.3) is 0 Å². The van der Waals surface area contributed by atoms with E-state index in [4.69, 9.17) is 0 Å². The molecule has 1 heterocycles. The first kappa shape index (κ1) is 16.6. The van der Waals surface area contributed by atoms with E-state index in [0.29, 0.717) is 11.7 Å². The Kier molecular flexibility index (Phi) is 5.93. The molecule has 0 bridgehead atoms. The summed E-state index contributed by atoms with van der Waals surface area (Å²) in [6.07, 6.45) is 4.46. The fourth-order valence-corrected chi connectivity index (χ4v) is 4.37. The molecule has 1 fully saturated rings.